The molecule has 2 amide bonds. The lowest BCUT2D eigenvalue weighted by Crippen LogP contribution is -2.42. The first-order chi connectivity index (χ1) is 12.5. The van der Waals surface area contributed by atoms with Crippen LogP contribution in [0.1, 0.15) is 24.5 Å². The molecule has 2 aromatic rings. The zero-order valence-electron chi connectivity index (χ0n) is 14.6. The standard InChI is InChI=1S/C20H22N2O4/c1-20(22-19(24)26-14-16-10-6-3-7-11-16)12-17(20)21-18(23)25-13-15-8-4-2-5-9-15/h2-11,17H,12-14H2,1H3,(H,21,23)(H,22,24)/t17-,20-/m1/s1. The molecule has 2 atom stereocenters. The van der Waals surface area contributed by atoms with Crippen LogP contribution < -0.4 is 10.6 Å². The monoisotopic (exact) mass is 354 g/mol. The van der Waals surface area contributed by atoms with Gasteiger partial charge in [0.1, 0.15) is 13.2 Å². The van der Waals surface area contributed by atoms with Crippen molar-refractivity contribution in [2.75, 3.05) is 0 Å². The number of alkyl carbamates (subject to hydrolysis) is 2. The summed E-state index contributed by atoms with van der Waals surface area (Å²) in [6.45, 7) is 2.28. The highest BCUT2D eigenvalue weighted by Gasteiger charge is 2.53. The molecule has 0 radical (unpaired) electrons. The Kier molecular flexibility index (Phi) is 5.41. The Balaban J connectivity index is 1.37. The van der Waals surface area contributed by atoms with Gasteiger partial charge in [0.15, 0.2) is 0 Å². The Labute approximate surface area is 152 Å². The lowest BCUT2D eigenvalue weighted by Gasteiger charge is -2.15. The lowest BCUT2D eigenvalue weighted by atomic mass is 10.2. The SMILES string of the molecule is C[C@@]1(NC(=O)OCc2ccccc2)C[C@H]1NC(=O)OCc1ccccc1. The van der Waals surface area contributed by atoms with E-state index in [1.807, 2.05) is 67.6 Å². The van der Waals surface area contributed by atoms with Crippen LogP contribution in [0.2, 0.25) is 0 Å². The number of nitrogens with one attached hydrogen (secondary N) is 2. The van der Waals surface area contributed by atoms with Crippen molar-refractivity contribution in [1.82, 2.24) is 10.6 Å². The molecule has 6 heteroatoms. The Morgan fingerprint density at radius 3 is 1.96 bits per heavy atom. The second-order valence-corrected chi connectivity index (χ2v) is 6.57. The highest BCUT2D eigenvalue weighted by molar-refractivity contribution is 5.71. The lowest BCUT2D eigenvalue weighted by molar-refractivity contribution is 0.130. The third-order valence-corrected chi connectivity index (χ3v) is 4.34. The third kappa shape index (κ3) is 4.99. The molecule has 0 unspecified atom stereocenters. The number of carbonyl (C=O) groups excluding carboxylic acids is 2. The highest BCUT2D eigenvalue weighted by Crippen LogP contribution is 2.35. The van der Waals surface area contributed by atoms with Gasteiger partial charge in [0, 0.05) is 0 Å². The number of amides is 2. The van der Waals surface area contributed by atoms with Crippen molar-refractivity contribution < 1.29 is 19.1 Å². The van der Waals surface area contributed by atoms with Gasteiger partial charge in [-0.2, -0.15) is 0 Å². The second-order valence-electron chi connectivity index (χ2n) is 6.57. The van der Waals surface area contributed by atoms with Crippen LogP contribution in [0.5, 0.6) is 0 Å². The van der Waals surface area contributed by atoms with Crippen LogP contribution in [0.15, 0.2) is 60.7 Å². The molecule has 0 aliphatic heterocycles. The van der Waals surface area contributed by atoms with Gasteiger partial charge >= 0.3 is 12.2 Å². The molecule has 0 bridgehead atoms. The molecule has 0 spiro atoms. The summed E-state index contributed by atoms with van der Waals surface area (Å²) in [5, 5.41) is 5.56. The minimum atomic E-state index is -0.514. The molecule has 0 heterocycles. The molecule has 2 N–H and O–H groups in total. The zero-order valence-corrected chi connectivity index (χ0v) is 14.6. The molecule has 0 aromatic heterocycles. The summed E-state index contributed by atoms with van der Waals surface area (Å²) in [7, 11) is 0. The molecule has 26 heavy (non-hydrogen) atoms. The first kappa shape index (κ1) is 17.8. The summed E-state index contributed by atoms with van der Waals surface area (Å²) < 4.78 is 10.4. The van der Waals surface area contributed by atoms with Crippen LogP contribution >= 0.6 is 0 Å². The van der Waals surface area contributed by atoms with Gasteiger partial charge in [0.05, 0.1) is 11.6 Å². The Hall–Kier alpha value is -3.02. The number of hydrogen-bond acceptors (Lipinski definition) is 4. The molecule has 0 saturated heterocycles. The van der Waals surface area contributed by atoms with Gasteiger partial charge in [-0.3, -0.25) is 0 Å². The van der Waals surface area contributed by atoms with Crippen molar-refractivity contribution in [3.8, 4) is 0 Å². The first-order valence-corrected chi connectivity index (χ1v) is 8.51. The fourth-order valence-corrected chi connectivity index (χ4v) is 2.61. The molecule has 6 nitrogen and oxygen atoms in total. The van der Waals surface area contributed by atoms with Crippen molar-refractivity contribution >= 4 is 12.2 Å². The van der Waals surface area contributed by atoms with Gasteiger partial charge in [-0.15, -0.1) is 0 Å². The van der Waals surface area contributed by atoms with Crippen LogP contribution in [0, 0.1) is 0 Å². The fraction of sp³-hybridized carbons (Fsp3) is 0.300. The van der Waals surface area contributed by atoms with Crippen molar-refractivity contribution in [1.29, 1.82) is 0 Å². The molecule has 1 aliphatic rings. The van der Waals surface area contributed by atoms with Crippen molar-refractivity contribution in [3.63, 3.8) is 0 Å². The van der Waals surface area contributed by atoms with Crippen LogP contribution in [-0.2, 0) is 22.7 Å². The zero-order chi connectivity index (χ0) is 18.4. The van der Waals surface area contributed by atoms with Gasteiger partial charge in [-0.1, -0.05) is 60.7 Å². The average Bonchev–Trinajstić information content (AvgIpc) is 3.28. The van der Waals surface area contributed by atoms with E-state index in [-0.39, 0.29) is 19.3 Å². The normalized spacial score (nSPS) is 20.7. The molecular weight excluding hydrogens is 332 g/mol. The number of carbonyl (C=O) groups is 2. The molecule has 2 aromatic carbocycles. The molecule has 1 fully saturated rings. The van der Waals surface area contributed by atoms with E-state index in [1.165, 1.54) is 0 Å². The summed E-state index contributed by atoms with van der Waals surface area (Å²) in [5.74, 6) is 0. The van der Waals surface area contributed by atoms with Crippen molar-refractivity contribution in [2.45, 2.75) is 38.1 Å². The minimum Gasteiger partial charge on any atom is -0.445 e. The van der Waals surface area contributed by atoms with Crippen LogP contribution in [-0.4, -0.2) is 23.8 Å². The van der Waals surface area contributed by atoms with E-state index >= 15 is 0 Å². The first-order valence-electron chi connectivity index (χ1n) is 8.51. The van der Waals surface area contributed by atoms with E-state index in [4.69, 9.17) is 9.47 Å². The van der Waals surface area contributed by atoms with E-state index in [1.54, 1.807) is 0 Å². The molecule has 136 valence electrons. The molecule has 3 rings (SSSR count). The van der Waals surface area contributed by atoms with E-state index in [2.05, 4.69) is 10.6 Å². The molecular formula is C20H22N2O4. The summed E-state index contributed by atoms with van der Waals surface area (Å²) in [4.78, 5) is 23.8. The number of ether oxygens (including phenoxy) is 2. The Bertz CT molecular complexity index is 751. The predicted octanol–water partition coefficient (Wildman–Crippen LogP) is 3.37. The van der Waals surface area contributed by atoms with Crippen molar-refractivity contribution in [2.24, 2.45) is 0 Å². The van der Waals surface area contributed by atoms with Gasteiger partial charge in [-0.25, -0.2) is 9.59 Å². The summed E-state index contributed by atoms with van der Waals surface area (Å²) in [6, 6.07) is 18.7. The molecule has 1 aliphatic carbocycles. The van der Waals surface area contributed by atoms with Gasteiger partial charge in [0.25, 0.3) is 0 Å². The smallest absolute Gasteiger partial charge is 0.407 e. The van der Waals surface area contributed by atoms with Gasteiger partial charge < -0.3 is 20.1 Å². The molecule has 1 saturated carbocycles. The summed E-state index contributed by atoms with van der Waals surface area (Å²) in [6.07, 6.45) is -0.367. The van der Waals surface area contributed by atoms with Crippen LogP contribution in [0.25, 0.3) is 0 Å². The largest absolute Gasteiger partial charge is 0.445 e. The summed E-state index contributed by atoms with van der Waals surface area (Å²) >= 11 is 0. The average molecular weight is 354 g/mol. The predicted molar refractivity (Wildman–Crippen MR) is 96.3 cm³/mol. The van der Waals surface area contributed by atoms with Crippen LogP contribution in [0.3, 0.4) is 0 Å². The van der Waals surface area contributed by atoms with Gasteiger partial charge in [-0.05, 0) is 24.5 Å². The van der Waals surface area contributed by atoms with Gasteiger partial charge in [0.2, 0.25) is 0 Å². The van der Waals surface area contributed by atoms with E-state index in [0.29, 0.717) is 6.42 Å². The maximum absolute atomic E-state index is 11.9. The number of rotatable bonds is 6. The van der Waals surface area contributed by atoms with Crippen molar-refractivity contribution in [3.05, 3.63) is 71.8 Å². The third-order valence-electron chi connectivity index (χ3n) is 4.34. The number of benzene rings is 2. The maximum Gasteiger partial charge on any atom is 0.407 e. The minimum absolute atomic E-state index is 0.171. The topological polar surface area (TPSA) is 76.7 Å². The highest BCUT2D eigenvalue weighted by atomic mass is 16.6. The Morgan fingerprint density at radius 1 is 0.923 bits per heavy atom. The van der Waals surface area contributed by atoms with E-state index in [9.17, 15) is 9.59 Å². The Morgan fingerprint density at radius 2 is 1.42 bits per heavy atom. The fourth-order valence-electron chi connectivity index (χ4n) is 2.61. The summed E-state index contributed by atoms with van der Waals surface area (Å²) in [5.41, 5.74) is 1.33. The van der Waals surface area contributed by atoms with Crippen LogP contribution in [0.4, 0.5) is 9.59 Å². The number of hydrogen-bond donors (Lipinski definition) is 2. The quantitative estimate of drug-likeness (QED) is 0.834. The second kappa shape index (κ2) is 7.91. The maximum atomic E-state index is 11.9. The van der Waals surface area contributed by atoms with E-state index in [0.717, 1.165) is 11.1 Å². The van der Waals surface area contributed by atoms with E-state index < -0.39 is 17.7 Å².